The van der Waals surface area contributed by atoms with E-state index < -0.39 is 29.7 Å². The summed E-state index contributed by atoms with van der Waals surface area (Å²) in [6, 6.07) is 6.84. The van der Waals surface area contributed by atoms with Gasteiger partial charge in [0.25, 0.3) is 11.8 Å². The highest BCUT2D eigenvalue weighted by atomic mass is 16.3. The smallest absolute Gasteiger partial charge is 0.262 e. The number of nitrogens with one attached hydrogen (secondary N) is 2. The number of hydrogen-bond acceptors (Lipinski definition) is 9. The Balaban J connectivity index is 0.850. The van der Waals surface area contributed by atoms with Gasteiger partial charge in [-0.05, 0) is 88.0 Å². The maximum Gasteiger partial charge on any atom is 0.262 e. The van der Waals surface area contributed by atoms with Crippen LogP contribution in [0.1, 0.15) is 109 Å². The Morgan fingerprint density at radius 2 is 1.61 bits per heavy atom. The third kappa shape index (κ3) is 5.40. The van der Waals surface area contributed by atoms with Gasteiger partial charge in [0.1, 0.15) is 6.04 Å². The van der Waals surface area contributed by atoms with E-state index >= 15 is 0 Å². The number of pyridine rings is 1. The minimum absolute atomic E-state index is 0.0908. The van der Waals surface area contributed by atoms with Crippen molar-refractivity contribution in [2.75, 3.05) is 11.9 Å². The van der Waals surface area contributed by atoms with Crippen LogP contribution < -0.4 is 10.6 Å². The second kappa shape index (κ2) is 11.6. The number of imide groups is 2. The highest BCUT2D eigenvalue weighted by Crippen LogP contribution is 2.46. The van der Waals surface area contributed by atoms with E-state index in [9.17, 15) is 24.3 Å². The zero-order chi connectivity index (χ0) is 33.4. The molecule has 9 rings (SSSR count). The molecule has 4 aromatic rings. The molecule has 5 heterocycles. The van der Waals surface area contributed by atoms with Gasteiger partial charge in [0.05, 0.1) is 46.2 Å². The van der Waals surface area contributed by atoms with Crippen LogP contribution in [-0.4, -0.2) is 76.9 Å². The summed E-state index contributed by atoms with van der Waals surface area (Å²) in [5.74, 6) is -1.12. The van der Waals surface area contributed by atoms with Crippen LogP contribution in [0.3, 0.4) is 0 Å². The van der Waals surface area contributed by atoms with Crippen LogP contribution in [-0.2, 0) is 9.59 Å². The van der Waals surface area contributed by atoms with E-state index in [0.717, 1.165) is 96.4 Å². The Morgan fingerprint density at radius 3 is 2.39 bits per heavy atom. The molecule has 4 amide bonds. The number of aliphatic hydroxyl groups is 1. The van der Waals surface area contributed by atoms with Crippen molar-refractivity contribution in [1.82, 2.24) is 34.8 Å². The first-order valence-corrected chi connectivity index (χ1v) is 17.5. The highest BCUT2D eigenvalue weighted by molar-refractivity contribution is 6.23. The summed E-state index contributed by atoms with van der Waals surface area (Å²) in [6.45, 7) is 0.721. The summed E-state index contributed by atoms with van der Waals surface area (Å²) in [7, 11) is 0. The van der Waals surface area contributed by atoms with Gasteiger partial charge in [-0.1, -0.05) is 0 Å². The summed E-state index contributed by atoms with van der Waals surface area (Å²) in [4.78, 5) is 56.0. The summed E-state index contributed by atoms with van der Waals surface area (Å²) in [5.41, 5.74) is 5.34. The summed E-state index contributed by atoms with van der Waals surface area (Å²) < 4.78 is 4.19. The van der Waals surface area contributed by atoms with E-state index in [0.29, 0.717) is 23.9 Å². The van der Waals surface area contributed by atoms with Crippen molar-refractivity contribution in [2.24, 2.45) is 5.92 Å². The van der Waals surface area contributed by atoms with Gasteiger partial charge in [-0.3, -0.25) is 43.7 Å². The summed E-state index contributed by atoms with van der Waals surface area (Å²) in [5, 5.41) is 26.6. The number of rotatable bonds is 8. The molecule has 13 heteroatoms. The molecule has 3 aliphatic carbocycles. The first-order valence-electron chi connectivity index (χ1n) is 17.5. The van der Waals surface area contributed by atoms with Gasteiger partial charge in [-0.25, -0.2) is 0 Å². The molecule has 0 spiro atoms. The average Bonchev–Trinajstić information content (AvgIpc) is 3.60. The molecule has 5 aliphatic rings. The molecule has 4 fully saturated rings. The second-order valence-corrected chi connectivity index (χ2v) is 14.5. The van der Waals surface area contributed by atoms with Gasteiger partial charge in [-0.2, -0.15) is 10.2 Å². The molecule has 1 aromatic carbocycles. The Labute approximate surface area is 282 Å². The Bertz CT molecular complexity index is 2020. The first-order chi connectivity index (χ1) is 23.8. The minimum atomic E-state index is -0.975. The molecular formula is C36H38N8O5. The number of benzene rings is 1. The summed E-state index contributed by atoms with van der Waals surface area (Å²) in [6.07, 6.45) is 13.9. The number of anilines is 1. The number of carbonyl (C=O) groups is 4. The number of amides is 4. The lowest BCUT2D eigenvalue weighted by Crippen LogP contribution is -2.54. The number of aromatic nitrogens is 5. The zero-order valence-corrected chi connectivity index (χ0v) is 27.0. The fourth-order valence-corrected chi connectivity index (χ4v) is 7.97. The quantitative estimate of drug-likeness (QED) is 0.236. The molecule has 1 unspecified atom stereocenters. The van der Waals surface area contributed by atoms with E-state index in [4.69, 9.17) is 15.2 Å². The van der Waals surface area contributed by atoms with E-state index in [1.54, 1.807) is 18.2 Å². The molecular weight excluding hydrogens is 624 g/mol. The first kappa shape index (κ1) is 30.2. The third-order valence-corrected chi connectivity index (χ3v) is 11.1. The lowest BCUT2D eigenvalue weighted by atomic mass is 9.80. The number of hydrogen-bond donors (Lipinski definition) is 3. The molecule has 3 N–H and O–H groups in total. The van der Waals surface area contributed by atoms with Gasteiger partial charge in [0, 0.05) is 54.1 Å². The minimum Gasteiger partial charge on any atom is -0.393 e. The van der Waals surface area contributed by atoms with Crippen molar-refractivity contribution in [3.8, 4) is 11.3 Å². The van der Waals surface area contributed by atoms with Crippen LogP contribution in [0, 0.1) is 5.92 Å². The molecule has 13 nitrogen and oxygen atoms in total. The molecule has 3 saturated carbocycles. The maximum absolute atomic E-state index is 13.2. The third-order valence-electron chi connectivity index (χ3n) is 11.1. The lowest BCUT2D eigenvalue weighted by molar-refractivity contribution is -0.136. The summed E-state index contributed by atoms with van der Waals surface area (Å²) >= 11 is 0. The normalized spacial score (nSPS) is 27.0. The van der Waals surface area contributed by atoms with Gasteiger partial charge in [0.15, 0.2) is 0 Å². The molecule has 252 valence electrons. The molecule has 1 atom stereocenters. The van der Waals surface area contributed by atoms with Crippen LogP contribution in [0.5, 0.6) is 0 Å². The molecule has 3 aromatic heterocycles. The number of carbonyl (C=O) groups excluding carboxylic acids is 4. The topological polar surface area (TPSA) is 164 Å². The van der Waals surface area contributed by atoms with E-state index in [2.05, 4.69) is 38.5 Å². The molecule has 2 aliphatic heterocycles. The zero-order valence-electron chi connectivity index (χ0n) is 27.0. The monoisotopic (exact) mass is 662 g/mol. The van der Waals surface area contributed by atoms with Crippen LogP contribution in [0.4, 0.5) is 5.69 Å². The fraction of sp³-hybridized carbons (Fsp3) is 0.472. The van der Waals surface area contributed by atoms with E-state index in [1.807, 2.05) is 6.20 Å². The van der Waals surface area contributed by atoms with Crippen molar-refractivity contribution < 1.29 is 24.3 Å². The SMILES string of the molecule is O=C1CCC(N2C(=O)c3ccc(NCC4CC(n5cc(-c6cc7nn(C8CCC(O)CC8)cc7cn6)c(C6CC6)n5)C4)cc3C2=O)C(=O)N1. The van der Waals surface area contributed by atoms with Crippen molar-refractivity contribution in [3.05, 3.63) is 59.7 Å². The predicted octanol–water partition coefficient (Wildman–Crippen LogP) is 4.11. The molecule has 0 bridgehead atoms. The predicted molar refractivity (Wildman–Crippen MR) is 178 cm³/mol. The Kier molecular flexibility index (Phi) is 7.15. The van der Waals surface area contributed by atoms with Crippen LogP contribution in [0.25, 0.3) is 22.2 Å². The van der Waals surface area contributed by atoms with E-state index in [1.165, 1.54) is 0 Å². The Hall–Kier alpha value is -4.91. The second-order valence-electron chi connectivity index (χ2n) is 14.5. The number of fused-ring (bicyclic) bond motifs is 2. The van der Waals surface area contributed by atoms with Crippen LogP contribution in [0.2, 0.25) is 0 Å². The van der Waals surface area contributed by atoms with Crippen molar-refractivity contribution in [1.29, 1.82) is 0 Å². The Morgan fingerprint density at radius 1 is 0.837 bits per heavy atom. The van der Waals surface area contributed by atoms with Gasteiger partial charge in [-0.15, -0.1) is 0 Å². The van der Waals surface area contributed by atoms with Crippen molar-refractivity contribution in [3.63, 3.8) is 0 Å². The van der Waals surface area contributed by atoms with Gasteiger partial charge >= 0.3 is 0 Å². The number of nitrogens with zero attached hydrogens (tertiary/aromatic N) is 6. The largest absolute Gasteiger partial charge is 0.393 e. The van der Waals surface area contributed by atoms with Crippen molar-refractivity contribution >= 4 is 40.2 Å². The van der Waals surface area contributed by atoms with Crippen LogP contribution >= 0.6 is 0 Å². The molecule has 49 heavy (non-hydrogen) atoms. The van der Waals surface area contributed by atoms with Gasteiger partial charge in [0.2, 0.25) is 11.8 Å². The maximum atomic E-state index is 13.2. The lowest BCUT2D eigenvalue weighted by Gasteiger charge is -2.35. The highest BCUT2D eigenvalue weighted by Gasteiger charge is 2.45. The standard InChI is InChI=1S/C36H38N8O5/c45-25-6-4-23(5-7-25)42-17-21-16-38-30(14-29(21)40-42)28-18-43(41-33(28)20-1-2-20)24-11-19(12-24)15-37-22-3-8-26-27(13-22)36(49)44(35(26)48)31-9-10-32(46)39-34(31)47/h3,8,13-14,16-20,23-25,31,37,45H,1-2,4-7,9-12,15H2,(H,39,46,47). The van der Waals surface area contributed by atoms with E-state index in [-0.39, 0.29) is 30.1 Å². The number of aliphatic hydroxyl groups excluding tert-OH is 1. The van der Waals surface area contributed by atoms with Crippen LogP contribution in [0.15, 0.2) is 42.9 Å². The van der Waals surface area contributed by atoms with Gasteiger partial charge < -0.3 is 10.4 Å². The van der Waals surface area contributed by atoms with Crippen molar-refractivity contribution in [2.45, 2.75) is 94.4 Å². The average molecular weight is 663 g/mol. The molecule has 0 radical (unpaired) electrons. The fourth-order valence-electron chi connectivity index (χ4n) is 7.97. The molecule has 1 saturated heterocycles. The number of piperidine rings is 1.